The Morgan fingerprint density at radius 2 is 2.04 bits per heavy atom. The van der Waals surface area contributed by atoms with Crippen LogP contribution in [-0.4, -0.2) is 26.3 Å². The van der Waals surface area contributed by atoms with Crippen molar-refractivity contribution >= 4 is 26.6 Å². The summed E-state index contributed by atoms with van der Waals surface area (Å²) < 4.78 is 45.4. The zero-order valence-corrected chi connectivity index (χ0v) is 15.3. The summed E-state index contributed by atoms with van der Waals surface area (Å²) in [4.78, 5) is 3.19. The van der Waals surface area contributed by atoms with E-state index >= 15 is 0 Å². The largest absolute Gasteiger partial charge is 0.493 e. The number of hydrogen-bond donors (Lipinski definition) is 2. The molecule has 1 aliphatic heterocycles. The molecule has 5 nitrogen and oxygen atoms in total. The number of benzene rings is 2. The van der Waals surface area contributed by atoms with Crippen molar-refractivity contribution in [3.05, 3.63) is 59.5 Å². The standard InChI is InChI=1S/C19H19FN2O3S/c1-19(8-9-25-17-7-6-12(20)10-14(17)19)15-11-21-18-13(15)4-3-5-16(18)22-26(2,23)24/h3-7,10-11,21-22H,8-9H2,1-2H3. The molecule has 1 atom stereocenters. The summed E-state index contributed by atoms with van der Waals surface area (Å²) in [6, 6.07) is 10.0. The van der Waals surface area contributed by atoms with Crippen LogP contribution in [0.4, 0.5) is 10.1 Å². The lowest BCUT2D eigenvalue weighted by Gasteiger charge is -2.36. The molecule has 2 heterocycles. The van der Waals surface area contributed by atoms with Crippen molar-refractivity contribution in [1.29, 1.82) is 0 Å². The zero-order chi connectivity index (χ0) is 18.5. The lowest BCUT2D eigenvalue weighted by Crippen LogP contribution is -2.31. The lowest BCUT2D eigenvalue weighted by atomic mass is 9.72. The number of aromatic nitrogens is 1. The molecule has 0 spiro atoms. The van der Waals surface area contributed by atoms with Gasteiger partial charge in [0.2, 0.25) is 10.0 Å². The molecule has 1 unspecified atom stereocenters. The molecule has 0 saturated heterocycles. The van der Waals surface area contributed by atoms with E-state index in [1.165, 1.54) is 12.1 Å². The Morgan fingerprint density at radius 1 is 1.23 bits per heavy atom. The number of hydrogen-bond acceptors (Lipinski definition) is 3. The minimum atomic E-state index is -3.39. The van der Waals surface area contributed by atoms with E-state index in [4.69, 9.17) is 4.74 Å². The van der Waals surface area contributed by atoms with E-state index in [0.717, 1.165) is 22.8 Å². The number of H-pyrrole nitrogens is 1. The number of aromatic amines is 1. The summed E-state index contributed by atoms with van der Waals surface area (Å²) in [5.74, 6) is 0.375. The fourth-order valence-corrected chi connectivity index (χ4v) is 4.30. The van der Waals surface area contributed by atoms with Gasteiger partial charge in [-0.05, 0) is 36.2 Å². The van der Waals surface area contributed by atoms with Gasteiger partial charge in [0.05, 0.1) is 24.1 Å². The smallest absolute Gasteiger partial charge is 0.229 e. The Hall–Kier alpha value is -2.54. The third kappa shape index (κ3) is 2.72. The van der Waals surface area contributed by atoms with Crippen LogP contribution in [0.2, 0.25) is 0 Å². The quantitative estimate of drug-likeness (QED) is 0.733. The summed E-state index contributed by atoms with van der Waals surface area (Å²) in [7, 11) is -3.39. The predicted octanol–water partition coefficient (Wildman–Crippen LogP) is 3.77. The minimum Gasteiger partial charge on any atom is -0.493 e. The SMILES string of the molecule is CC1(c2c[nH]c3c(NS(C)(=O)=O)cccc23)CCOc2ccc(F)cc21. The van der Waals surface area contributed by atoms with Crippen molar-refractivity contribution in [2.24, 2.45) is 0 Å². The van der Waals surface area contributed by atoms with E-state index in [1.54, 1.807) is 12.1 Å². The number of ether oxygens (including phenoxy) is 1. The van der Waals surface area contributed by atoms with Gasteiger partial charge in [-0.2, -0.15) is 0 Å². The molecular weight excluding hydrogens is 355 g/mol. The average molecular weight is 374 g/mol. The lowest BCUT2D eigenvalue weighted by molar-refractivity contribution is 0.243. The molecule has 136 valence electrons. The number of sulfonamides is 1. The number of halogens is 1. The zero-order valence-electron chi connectivity index (χ0n) is 14.5. The van der Waals surface area contributed by atoms with Gasteiger partial charge < -0.3 is 9.72 Å². The molecule has 1 aromatic heterocycles. The van der Waals surface area contributed by atoms with Crippen LogP contribution in [0.15, 0.2) is 42.6 Å². The van der Waals surface area contributed by atoms with Crippen molar-refractivity contribution in [2.45, 2.75) is 18.8 Å². The van der Waals surface area contributed by atoms with Gasteiger partial charge in [0, 0.05) is 22.6 Å². The maximum atomic E-state index is 13.9. The molecule has 0 radical (unpaired) electrons. The highest BCUT2D eigenvalue weighted by Gasteiger charge is 2.37. The summed E-state index contributed by atoms with van der Waals surface area (Å²) in [5.41, 5.74) is 2.54. The van der Waals surface area contributed by atoms with Gasteiger partial charge in [0.15, 0.2) is 0 Å². The van der Waals surface area contributed by atoms with Gasteiger partial charge in [-0.25, -0.2) is 12.8 Å². The first-order valence-corrected chi connectivity index (χ1v) is 10.2. The van der Waals surface area contributed by atoms with Gasteiger partial charge >= 0.3 is 0 Å². The molecule has 3 aromatic rings. The Kier molecular flexibility index (Phi) is 3.73. The predicted molar refractivity (Wildman–Crippen MR) is 99.7 cm³/mol. The molecule has 1 aliphatic rings. The van der Waals surface area contributed by atoms with E-state index in [9.17, 15) is 12.8 Å². The van der Waals surface area contributed by atoms with Crippen molar-refractivity contribution < 1.29 is 17.5 Å². The van der Waals surface area contributed by atoms with E-state index in [-0.39, 0.29) is 5.82 Å². The first-order chi connectivity index (χ1) is 12.3. The molecular formula is C19H19FN2O3S. The number of rotatable bonds is 3. The molecule has 0 bridgehead atoms. The van der Waals surface area contributed by atoms with Crippen LogP contribution >= 0.6 is 0 Å². The van der Waals surface area contributed by atoms with Gasteiger partial charge in [0.25, 0.3) is 0 Å². The number of fused-ring (bicyclic) bond motifs is 2. The van der Waals surface area contributed by atoms with Crippen molar-refractivity contribution in [3.8, 4) is 5.75 Å². The van der Waals surface area contributed by atoms with Crippen molar-refractivity contribution in [1.82, 2.24) is 4.98 Å². The van der Waals surface area contributed by atoms with Gasteiger partial charge in [0.1, 0.15) is 11.6 Å². The van der Waals surface area contributed by atoms with Crippen LogP contribution in [-0.2, 0) is 15.4 Å². The normalized spacial score (nSPS) is 19.8. The molecule has 7 heteroatoms. The van der Waals surface area contributed by atoms with Gasteiger partial charge in [-0.1, -0.05) is 19.1 Å². The van der Waals surface area contributed by atoms with Crippen molar-refractivity contribution in [3.63, 3.8) is 0 Å². The van der Waals surface area contributed by atoms with Crippen LogP contribution in [0.1, 0.15) is 24.5 Å². The molecule has 0 fully saturated rings. The van der Waals surface area contributed by atoms with E-state index < -0.39 is 15.4 Å². The molecule has 0 aliphatic carbocycles. The van der Waals surface area contributed by atoms with Crippen LogP contribution in [0.25, 0.3) is 10.9 Å². The highest BCUT2D eigenvalue weighted by atomic mass is 32.2. The fraction of sp³-hybridized carbons (Fsp3) is 0.263. The van der Waals surface area contributed by atoms with Gasteiger partial charge in [-0.15, -0.1) is 0 Å². The monoisotopic (exact) mass is 374 g/mol. The third-order valence-corrected chi connectivity index (χ3v) is 5.59. The summed E-state index contributed by atoms with van der Waals surface area (Å²) in [5, 5.41) is 0.901. The maximum Gasteiger partial charge on any atom is 0.229 e. The first kappa shape index (κ1) is 16.9. The Morgan fingerprint density at radius 3 is 2.81 bits per heavy atom. The summed E-state index contributed by atoms with van der Waals surface area (Å²) in [6.07, 6.45) is 3.69. The second-order valence-corrected chi connectivity index (χ2v) is 8.62. The van der Waals surface area contributed by atoms with Crippen LogP contribution in [0.5, 0.6) is 5.75 Å². The maximum absolute atomic E-state index is 13.9. The highest BCUT2D eigenvalue weighted by Crippen LogP contribution is 2.46. The number of nitrogens with one attached hydrogen (secondary N) is 2. The van der Waals surface area contributed by atoms with Crippen LogP contribution < -0.4 is 9.46 Å². The third-order valence-electron chi connectivity index (χ3n) is 5.00. The molecule has 26 heavy (non-hydrogen) atoms. The minimum absolute atomic E-state index is 0.306. The van der Waals surface area contributed by atoms with E-state index in [1.807, 2.05) is 18.3 Å². The van der Waals surface area contributed by atoms with Crippen LogP contribution in [0, 0.1) is 5.82 Å². The summed E-state index contributed by atoms with van der Waals surface area (Å²) in [6.45, 7) is 2.59. The number of anilines is 1. The molecule has 2 aromatic carbocycles. The molecule has 0 amide bonds. The molecule has 4 rings (SSSR count). The first-order valence-electron chi connectivity index (χ1n) is 8.29. The van der Waals surface area contributed by atoms with E-state index in [0.29, 0.717) is 30.0 Å². The summed E-state index contributed by atoms with van der Waals surface area (Å²) >= 11 is 0. The van der Waals surface area contributed by atoms with E-state index in [2.05, 4.69) is 16.6 Å². The second kappa shape index (κ2) is 5.74. The fourth-order valence-electron chi connectivity index (χ4n) is 3.73. The highest BCUT2D eigenvalue weighted by molar-refractivity contribution is 7.92. The second-order valence-electron chi connectivity index (χ2n) is 6.88. The Bertz CT molecular complexity index is 1110. The number of para-hydroxylation sites is 1. The van der Waals surface area contributed by atoms with Gasteiger partial charge in [-0.3, -0.25) is 4.72 Å². The Labute approximate surface area is 151 Å². The molecule has 0 saturated carbocycles. The molecule has 2 N–H and O–H groups in total. The average Bonchev–Trinajstić information content (AvgIpc) is 3.00. The van der Waals surface area contributed by atoms with Crippen LogP contribution in [0.3, 0.4) is 0 Å². The topological polar surface area (TPSA) is 71.2 Å². The Balaban J connectivity index is 1.91. The van der Waals surface area contributed by atoms with Crippen molar-refractivity contribution in [2.75, 3.05) is 17.6 Å².